The number of fused-ring (bicyclic) bond motifs is 1. The average Bonchev–Trinajstić information content (AvgIpc) is 2.46. The highest BCUT2D eigenvalue weighted by atomic mass is 16.5. The van der Waals surface area contributed by atoms with E-state index in [1.54, 1.807) is 13.0 Å². The fourth-order valence-electron chi connectivity index (χ4n) is 1.90. The van der Waals surface area contributed by atoms with Crippen molar-refractivity contribution in [2.45, 2.75) is 19.1 Å². The second-order valence-corrected chi connectivity index (χ2v) is 4.13. The van der Waals surface area contributed by atoms with Crippen LogP contribution in [0, 0.1) is 0 Å². The van der Waals surface area contributed by atoms with Gasteiger partial charge in [-0.1, -0.05) is 0 Å². The molecule has 0 bridgehead atoms. The third-order valence-electron chi connectivity index (χ3n) is 2.84. The van der Waals surface area contributed by atoms with Crippen molar-refractivity contribution in [3.63, 3.8) is 0 Å². The minimum absolute atomic E-state index is 0.105. The SMILES string of the molecule is CCOC(=O)C(O)C(O)c1c(N)ccc2nccnc12. The number of nitrogen functional groups attached to an aromatic ring is 1. The Hall–Kier alpha value is -2.25. The smallest absolute Gasteiger partial charge is 0.338 e. The summed E-state index contributed by atoms with van der Waals surface area (Å²) >= 11 is 0. The van der Waals surface area contributed by atoms with E-state index in [1.165, 1.54) is 18.5 Å². The molecular weight excluding hydrogens is 262 g/mol. The first-order chi connectivity index (χ1) is 9.56. The Labute approximate surface area is 115 Å². The summed E-state index contributed by atoms with van der Waals surface area (Å²) in [7, 11) is 0. The molecule has 0 amide bonds. The molecule has 2 rings (SSSR count). The first-order valence-electron chi connectivity index (χ1n) is 6.08. The van der Waals surface area contributed by atoms with Gasteiger partial charge in [0, 0.05) is 23.6 Å². The molecule has 0 aliphatic rings. The van der Waals surface area contributed by atoms with E-state index in [2.05, 4.69) is 14.7 Å². The maximum atomic E-state index is 11.5. The topological polar surface area (TPSA) is 119 Å². The Bertz CT molecular complexity index is 632. The molecule has 4 N–H and O–H groups in total. The van der Waals surface area contributed by atoms with Crippen LogP contribution in [0.2, 0.25) is 0 Å². The molecule has 106 valence electrons. The van der Waals surface area contributed by atoms with Crippen LogP contribution in [0.1, 0.15) is 18.6 Å². The van der Waals surface area contributed by atoms with E-state index >= 15 is 0 Å². The Morgan fingerprint density at radius 2 is 2.05 bits per heavy atom. The zero-order valence-electron chi connectivity index (χ0n) is 10.9. The number of nitrogens with two attached hydrogens (primary N) is 1. The van der Waals surface area contributed by atoms with Gasteiger partial charge < -0.3 is 20.7 Å². The number of aliphatic hydroxyl groups is 2. The Morgan fingerprint density at radius 1 is 1.35 bits per heavy atom. The number of rotatable bonds is 4. The molecule has 1 heterocycles. The molecule has 0 saturated carbocycles. The van der Waals surface area contributed by atoms with E-state index in [4.69, 9.17) is 5.73 Å². The molecule has 0 saturated heterocycles. The third kappa shape index (κ3) is 2.54. The summed E-state index contributed by atoms with van der Waals surface area (Å²) in [5, 5.41) is 20.0. The zero-order chi connectivity index (χ0) is 14.7. The number of benzene rings is 1. The summed E-state index contributed by atoms with van der Waals surface area (Å²) in [6.45, 7) is 1.71. The molecule has 0 fully saturated rings. The van der Waals surface area contributed by atoms with E-state index in [0.717, 1.165) is 0 Å². The lowest BCUT2D eigenvalue weighted by Crippen LogP contribution is -2.30. The van der Waals surface area contributed by atoms with Crippen LogP contribution < -0.4 is 5.73 Å². The summed E-state index contributed by atoms with van der Waals surface area (Å²) in [6, 6.07) is 3.18. The number of carbonyl (C=O) groups excluding carboxylic acids is 1. The molecule has 7 heteroatoms. The lowest BCUT2D eigenvalue weighted by molar-refractivity contribution is -0.159. The van der Waals surface area contributed by atoms with Crippen molar-refractivity contribution in [2.24, 2.45) is 0 Å². The number of esters is 1. The predicted octanol–water partition coefficient (Wildman–Crippen LogP) is 0.169. The van der Waals surface area contributed by atoms with Crippen molar-refractivity contribution in [1.29, 1.82) is 0 Å². The third-order valence-corrected chi connectivity index (χ3v) is 2.84. The van der Waals surface area contributed by atoms with Crippen molar-refractivity contribution >= 4 is 22.7 Å². The van der Waals surface area contributed by atoms with Crippen LogP contribution in [0.5, 0.6) is 0 Å². The van der Waals surface area contributed by atoms with Gasteiger partial charge in [0.05, 0.1) is 17.6 Å². The molecule has 0 spiro atoms. The first-order valence-corrected chi connectivity index (χ1v) is 6.08. The van der Waals surface area contributed by atoms with Crippen LogP contribution in [-0.2, 0) is 9.53 Å². The van der Waals surface area contributed by atoms with Crippen LogP contribution in [0.15, 0.2) is 24.5 Å². The molecule has 2 atom stereocenters. The first kappa shape index (κ1) is 14.2. The van der Waals surface area contributed by atoms with E-state index in [1.807, 2.05) is 0 Å². The Kier molecular flexibility index (Phi) is 4.11. The van der Waals surface area contributed by atoms with Gasteiger partial charge in [-0.2, -0.15) is 0 Å². The molecule has 2 aromatic rings. The number of aliphatic hydroxyl groups excluding tert-OH is 2. The van der Waals surface area contributed by atoms with Gasteiger partial charge >= 0.3 is 5.97 Å². The van der Waals surface area contributed by atoms with Gasteiger partial charge in [-0.3, -0.25) is 9.97 Å². The number of anilines is 1. The van der Waals surface area contributed by atoms with Crippen LogP contribution in [-0.4, -0.2) is 38.9 Å². The van der Waals surface area contributed by atoms with E-state index in [-0.39, 0.29) is 17.9 Å². The average molecular weight is 277 g/mol. The number of hydrogen-bond acceptors (Lipinski definition) is 7. The van der Waals surface area contributed by atoms with Gasteiger partial charge in [0.2, 0.25) is 0 Å². The van der Waals surface area contributed by atoms with Crippen LogP contribution in [0.4, 0.5) is 5.69 Å². The normalized spacial score (nSPS) is 13.9. The molecule has 2 unspecified atom stereocenters. The lowest BCUT2D eigenvalue weighted by atomic mass is 10.0. The molecule has 0 radical (unpaired) electrons. The largest absolute Gasteiger partial charge is 0.464 e. The summed E-state index contributed by atoms with van der Waals surface area (Å²) in [5.41, 5.74) is 7.03. The Morgan fingerprint density at radius 3 is 2.75 bits per heavy atom. The van der Waals surface area contributed by atoms with Gasteiger partial charge in [-0.25, -0.2) is 4.79 Å². The van der Waals surface area contributed by atoms with Crippen molar-refractivity contribution in [3.05, 3.63) is 30.1 Å². The van der Waals surface area contributed by atoms with Gasteiger partial charge in [0.1, 0.15) is 6.10 Å². The molecule has 0 aliphatic heterocycles. The summed E-state index contributed by atoms with van der Waals surface area (Å²) in [6.07, 6.45) is -0.329. The van der Waals surface area contributed by atoms with E-state index < -0.39 is 18.2 Å². The fraction of sp³-hybridized carbons (Fsp3) is 0.308. The number of aromatic nitrogens is 2. The minimum Gasteiger partial charge on any atom is -0.464 e. The van der Waals surface area contributed by atoms with Crippen molar-refractivity contribution in [3.8, 4) is 0 Å². The van der Waals surface area contributed by atoms with E-state index in [0.29, 0.717) is 11.0 Å². The molecule has 7 nitrogen and oxygen atoms in total. The predicted molar refractivity (Wildman–Crippen MR) is 71.6 cm³/mol. The Balaban J connectivity index is 2.46. The van der Waals surface area contributed by atoms with Crippen LogP contribution in [0.25, 0.3) is 11.0 Å². The highest BCUT2D eigenvalue weighted by Gasteiger charge is 2.30. The maximum absolute atomic E-state index is 11.5. The summed E-state index contributed by atoms with van der Waals surface area (Å²) < 4.78 is 4.67. The highest BCUT2D eigenvalue weighted by Crippen LogP contribution is 2.29. The van der Waals surface area contributed by atoms with E-state index in [9.17, 15) is 15.0 Å². The van der Waals surface area contributed by atoms with Gasteiger partial charge in [0.15, 0.2) is 6.10 Å². The standard InChI is InChI=1S/C13H15N3O4/c1-2-20-13(19)12(18)11(17)9-7(14)3-4-8-10(9)16-6-5-15-8/h3-6,11-12,17-18H,2,14H2,1H3. The highest BCUT2D eigenvalue weighted by molar-refractivity contribution is 5.85. The number of hydrogen-bond donors (Lipinski definition) is 3. The second kappa shape index (κ2) is 5.81. The monoisotopic (exact) mass is 277 g/mol. The zero-order valence-corrected chi connectivity index (χ0v) is 10.9. The number of carbonyl (C=O) groups is 1. The quantitative estimate of drug-likeness (QED) is 0.538. The summed E-state index contributed by atoms with van der Waals surface area (Å²) in [4.78, 5) is 19.7. The lowest BCUT2D eigenvalue weighted by Gasteiger charge is -2.19. The number of ether oxygens (including phenoxy) is 1. The van der Waals surface area contributed by atoms with Gasteiger partial charge in [-0.15, -0.1) is 0 Å². The molecule has 20 heavy (non-hydrogen) atoms. The maximum Gasteiger partial charge on any atom is 0.338 e. The fourth-order valence-corrected chi connectivity index (χ4v) is 1.90. The molecule has 1 aromatic carbocycles. The van der Waals surface area contributed by atoms with Gasteiger partial charge in [0.25, 0.3) is 0 Å². The van der Waals surface area contributed by atoms with Crippen molar-refractivity contribution < 1.29 is 19.7 Å². The summed E-state index contributed by atoms with van der Waals surface area (Å²) in [5.74, 6) is -0.916. The van der Waals surface area contributed by atoms with Crippen LogP contribution in [0.3, 0.4) is 0 Å². The number of nitrogens with zero attached hydrogens (tertiary/aromatic N) is 2. The molecule has 1 aromatic heterocycles. The molecular formula is C13H15N3O4. The van der Waals surface area contributed by atoms with Crippen molar-refractivity contribution in [2.75, 3.05) is 12.3 Å². The van der Waals surface area contributed by atoms with Crippen molar-refractivity contribution in [1.82, 2.24) is 9.97 Å². The van der Waals surface area contributed by atoms with Crippen LogP contribution >= 0.6 is 0 Å². The molecule has 0 aliphatic carbocycles. The van der Waals surface area contributed by atoms with Gasteiger partial charge in [-0.05, 0) is 19.1 Å². The minimum atomic E-state index is -1.73. The second-order valence-electron chi connectivity index (χ2n) is 4.13.